The van der Waals surface area contributed by atoms with Crippen LogP contribution < -0.4 is 26.2 Å². The fraction of sp³-hybridized carbons (Fsp3) is 0.250. The number of hydrogen-bond acceptors (Lipinski definition) is 3. The molecule has 9 aromatic rings. The standard InChI is InChI=1S/C64H63BN2S/c1-61(2,3)43-26-32-53(50(35-43)41-18-14-13-15-19-41)67-54-33-27-44(62(4,5)6)36-52(54)65-51-31-25-45(63(7,8)9)37-55(51)66(56-38-46(64(10,11)12)39-57(67)60(56)65)47-28-22-40(23-29-47)42-24-30-49-48-20-16-17-21-58(48)68-59(49)34-42/h13-39H,1-12H3. The minimum atomic E-state index is -0.129. The number of benzene rings is 8. The van der Waals surface area contributed by atoms with Crippen molar-refractivity contribution in [1.29, 1.82) is 0 Å². The summed E-state index contributed by atoms with van der Waals surface area (Å²) in [7, 11) is 0. The lowest BCUT2D eigenvalue weighted by molar-refractivity contribution is 0.589. The molecule has 0 radical (unpaired) electrons. The summed E-state index contributed by atoms with van der Waals surface area (Å²) in [5.74, 6) is 0. The molecular formula is C64H63BN2S. The zero-order chi connectivity index (χ0) is 47.7. The Morgan fingerprint density at radius 1 is 0.353 bits per heavy atom. The average Bonchev–Trinajstić information content (AvgIpc) is 3.68. The molecule has 3 heterocycles. The number of rotatable bonds is 4. The second kappa shape index (κ2) is 15.6. The SMILES string of the molecule is CC(C)(C)c1ccc2c(c1)B1c3ccc(C(C)(C)C)cc3N(c3ccc(-c4ccc5c(c4)sc4ccccc45)cc3)c3cc(C(C)(C)C)cc(c31)N2c1ccc(C(C)(C)C)cc1-c1ccccc1. The molecule has 0 N–H and O–H groups in total. The van der Waals surface area contributed by atoms with Crippen molar-refractivity contribution < 1.29 is 0 Å². The minimum absolute atomic E-state index is 0.0169. The third-order valence-electron chi connectivity index (χ3n) is 14.7. The summed E-state index contributed by atoms with van der Waals surface area (Å²) in [6.45, 7) is 28.1. The largest absolute Gasteiger partial charge is 0.311 e. The molecule has 1 aromatic heterocycles. The van der Waals surface area contributed by atoms with Crippen LogP contribution in [-0.4, -0.2) is 6.71 Å². The minimum Gasteiger partial charge on any atom is -0.311 e. The number of nitrogens with zero attached hydrogens (tertiary/aromatic N) is 2. The monoisotopic (exact) mass is 902 g/mol. The molecule has 0 saturated heterocycles. The van der Waals surface area contributed by atoms with Gasteiger partial charge in [0.05, 0.1) is 5.69 Å². The van der Waals surface area contributed by atoms with E-state index in [1.165, 1.54) is 110 Å². The van der Waals surface area contributed by atoms with Crippen molar-refractivity contribution in [2.24, 2.45) is 0 Å². The van der Waals surface area contributed by atoms with Gasteiger partial charge in [-0.3, -0.25) is 0 Å². The number of fused-ring (bicyclic) bond motifs is 7. The van der Waals surface area contributed by atoms with Crippen LogP contribution in [0.5, 0.6) is 0 Å². The smallest absolute Gasteiger partial charge is 0.252 e. The van der Waals surface area contributed by atoms with Gasteiger partial charge < -0.3 is 9.80 Å². The van der Waals surface area contributed by atoms with E-state index in [2.05, 4.69) is 257 Å². The molecule has 2 aliphatic heterocycles. The molecule has 2 aliphatic rings. The highest BCUT2D eigenvalue weighted by Crippen LogP contribution is 2.50. The first kappa shape index (κ1) is 44.2. The maximum absolute atomic E-state index is 2.63. The predicted molar refractivity (Wildman–Crippen MR) is 299 cm³/mol. The summed E-state index contributed by atoms with van der Waals surface area (Å²) >= 11 is 1.88. The molecule has 11 rings (SSSR count). The Balaban J connectivity index is 1.19. The molecule has 4 heteroatoms. The Labute approximate surface area is 409 Å². The molecule has 68 heavy (non-hydrogen) atoms. The first-order valence-corrected chi connectivity index (χ1v) is 25.3. The molecule has 8 aromatic carbocycles. The van der Waals surface area contributed by atoms with Gasteiger partial charge in [-0.1, -0.05) is 186 Å². The van der Waals surface area contributed by atoms with Gasteiger partial charge in [0.15, 0.2) is 0 Å². The zero-order valence-electron chi connectivity index (χ0n) is 42.0. The van der Waals surface area contributed by atoms with E-state index in [1.807, 2.05) is 11.3 Å². The number of hydrogen-bond donors (Lipinski definition) is 0. The van der Waals surface area contributed by atoms with Crippen LogP contribution in [0.1, 0.15) is 105 Å². The van der Waals surface area contributed by atoms with Gasteiger partial charge >= 0.3 is 0 Å². The quantitative estimate of drug-likeness (QED) is 0.162. The molecule has 0 bridgehead atoms. The molecule has 0 atom stereocenters. The van der Waals surface area contributed by atoms with E-state index in [-0.39, 0.29) is 28.4 Å². The lowest BCUT2D eigenvalue weighted by Gasteiger charge is -2.46. The molecular weight excluding hydrogens is 840 g/mol. The third-order valence-corrected chi connectivity index (χ3v) is 15.8. The molecule has 0 spiro atoms. The van der Waals surface area contributed by atoms with Crippen molar-refractivity contribution in [3.63, 3.8) is 0 Å². The Morgan fingerprint density at radius 3 is 1.57 bits per heavy atom. The van der Waals surface area contributed by atoms with Gasteiger partial charge in [0, 0.05) is 54.2 Å². The van der Waals surface area contributed by atoms with E-state index in [9.17, 15) is 0 Å². The van der Waals surface area contributed by atoms with E-state index in [1.54, 1.807) is 0 Å². The molecule has 0 saturated carbocycles. The lowest BCUT2D eigenvalue weighted by atomic mass is 9.33. The van der Waals surface area contributed by atoms with Crippen LogP contribution >= 0.6 is 11.3 Å². The summed E-state index contributed by atoms with van der Waals surface area (Å²) in [6.07, 6.45) is 0. The molecule has 338 valence electrons. The fourth-order valence-electron chi connectivity index (χ4n) is 10.7. The highest BCUT2D eigenvalue weighted by molar-refractivity contribution is 7.25. The van der Waals surface area contributed by atoms with Crippen LogP contribution in [0.15, 0.2) is 164 Å². The summed E-state index contributed by atoms with van der Waals surface area (Å²) in [5.41, 5.74) is 21.4. The van der Waals surface area contributed by atoms with E-state index >= 15 is 0 Å². The van der Waals surface area contributed by atoms with Gasteiger partial charge in [-0.25, -0.2) is 0 Å². The van der Waals surface area contributed by atoms with Gasteiger partial charge in [-0.15, -0.1) is 11.3 Å². The van der Waals surface area contributed by atoms with E-state index < -0.39 is 0 Å². The average molecular weight is 903 g/mol. The molecule has 2 nitrogen and oxygen atoms in total. The molecule has 0 aliphatic carbocycles. The Morgan fingerprint density at radius 2 is 0.897 bits per heavy atom. The van der Waals surface area contributed by atoms with Crippen LogP contribution in [0, 0.1) is 0 Å². The van der Waals surface area contributed by atoms with E-state index in [0.717, 1.165) is 5.69 Å². The maximum atomic E-state index is 2.63. The molecule has 0 unspecified atom stereocenters. The third kappa shape index (κ3) is 7.39. The van der Waals surface area contributed by atoms with Gasteiger partial charge in [0.2, 0.25) is 0 Å². The van der Waals surface area contributed by atoms with Gasteiger partial charge in [-0.05, 0) is 138 Å². The lowest BCUT2D eigenvalue weighted by Crippen LogP contribution is -2.61. The van der Waals surface area contributed by atoms with Crippen LogP contribution in [-0.2, 0) is 21.7 Å². The summed E-state index contributed by atoms with van der Waals surface area (Å²) in [4.78, 5) is 5.23. The first-order valence-electron chi connectivity index (χ1n) is 24.5. The zero-order valence-corrected chi connectivity index (χ0v) is 42.8. The van der Waals surface area contributed by atoms with E-state index in [0.29, 0.717) is 0 Å². The summed E-state index contributed by atoms with van der Waals surface area (Å²) in [6, 6.07) is 63.2. The Bertz CT molecular complexity index is 3440. The van der Waals surface area contributed by atoms with Crippen molar-refractivity contribution in [2.45, 2.75) is 105 Å². The van der Waals surface area contributed by atoms with Gasteiger partial charge in [-0.2, -0.15) is 0 Å². The molecule has 0 fully saturated rings. The topological polar surface area (TPSA) is 6.48 Å². The van der Waals surface area contributed by atoms with Crippen LogP contribution in [0.2, 0.25) is 0 Å². The van der Waals surface area contributed by atoms with Crippen molar-refractivity contribution in [2.75, 3.05) is 9.80 Å². The van der Waals surface area contributed by atoms with Crippen molar-refractivity contribution in [3.05, 3.63) is 186 Å². The second-order valence-electron chi connectivity index (χ2n) is 23.5. The Kier molecular flexibility index (Phi) is 10.1. The maximum Gasteiger partial charge on any atom is 0.252 e. The summed E-state index contributed by atoms with van der Waals surface area (Å²) in [5, 5.41) is 2.66. The fourth-order valence-corrected chi connectivity index (χ4v) is 11.8. The summed E-state index contributed by atoms with van der Waals surface area (Å²) < 4.78 is 2.66. The van der Waals surface area contributed by atoms with Gasteiger partial charge in [0.25, 0.3) is 6.71 Å². The number of anilines is 6. The molecule has 0 amide bonds. The second-order valence-corrected chi connectivity index (χ2v) is 24.6. The predicted octanol–water partition coefficient (Wildman–Crippen LogP) is 16.7. The first-order chi connectivity index (χ1) is 32.2. The van der Waals surface area contributed by atoms with Gasteiger partial charge in [0.1, 0.15) is 0 Å². The number of thiophene rings is 1. The van der Waals surface area contributed by atoms with Crippen molar-refractivity contribution in [1.82, 2.24) is 0 Å². The van der Waals surface area contributed by atoms with Crippen LogP contribution in [0.3, 0.4) is 0 Å². The van der Waals surface area contributed by atoms with E-state index in [4.69, 9.17) is 0 Å². The Hall–Kier alpha value is -6.36. The van der Waals surface area contributed by atoms with Crippen LogP contribution in [0.25, 0.3) is 42.4 Å². The highest BCUT2D eigenvalue weighted by atomic mass is 32.1. The van der Waals surface area contributed by atoms with Crippen LogP contribution in [0.4, 0.5) is 34.1 Å². The van der Waals surface area contributed by atoms with Crippen molar-refractivity contribution >= 4 is 88.7 Å². The van der Waals surface area contributed by atoms with Crippen molar-refractivity contribution in [3.8, 4) is 22.3 Å². The normalized spacial score (nSPS) is 13.8. The highest BCUT2D eigenvalue weighted by Gasteiger charge is 2.45.